The van der Waals surface area contributed by atoms with Crippen molar-refractivity contribution in [2.24, 2.45) is 23.0 Å². The van der Waals surface area contributed by atoms with Crippen molar-refractivity contribution >= 4 is 19.5 Å². The van der Waals surface area contributed by atoms with Gasteiger partial charge in [0.2, 0.25) is 0 Å². The second kappa shape index (κ2) is 5.24. The molecule has 22 heavy (non-hydrogen) atoms. The van der Waals surface area contributed by atoms with Gasteiger partial charge in [0.05, 0.1) is 17.6 Å². The number of hydrogen-bond donors (Lipinski definition) is 1. The summed E-state index contributed by atoms with van der Waals surface area (Å²) in [5.74, 6) is 1.14. The molecule has 2 bridgehead atoms. The Morgan fingerprint density at radius 1 is 1.18 bits per heavy atom. The molecule has 1 saturated heterocycles. The Kier molecular flexibility index (Phi) is 3.88. The molecule has 3 nitrogen and oxygen atoms in total. The Labute approximate surface area is 139 Å². The van der Waals surface area contributed by atoms with E-state index >= 15 is 0 Å². The summed E-state index contributed by atoms with van der Waals surface area (Å²) in [5, 5.41) is 0. The van der Waals surface area contributed by atoms with Crippen molar-refractivity contribution in [3.63, 3.8) is 0 Å². The average Bonchev–Trinajstić information content (AvgIpc) is 2.84. The molecule has 3 aliphatic carbocycles. The van der Waals surface area contributed by atoms with Gasteiger partial charge in [0.15, 0.2) is 0 Å². The van der Waals surface area contributed by atoms with E-state index in [1.165, 1.54) is 6.42 Å². The minimum Gasteiger partial charge on any atom is -0.404 e. The lowest BCUT2D eigenvalue weighted by Gasteiger charge is -2.64. The summed E-state index contributed by atoms with van der Waals surface area (Å²) in [6.45, 7) is 6.99. The van der Waals surface area contributed by atoms with Crippen LogP contribution in [0.3, 0.4) is 0 Å². The zero-order chi connectivity index (χ0) is 14.8. The minimum atomic E-state index is -0.322. The van der Waals surface area contributed by atoms with Crippen LogP contribution in [0.5, 0.6) is 0 Å². The van der Waals surface area contributed by atoms with E-state index < -0.39 is 0 Å². The Morgan fingerprint density at radius 3 is 2.50 bits per heavy atom. The van der Waals surface area contributed by atoms with E-state index in [1.807, 2.05) is 30.3 Å². The number of nitrogens with two attached hydrogens (primary N) is 1. The molecule has 0 radical (unpaired) electrons. The quantitative estimate of drug-likeness (QED) is 0.849. The third kappa shape index (κ3) is 2.08. The van der Waals surface area contributed by atoms with Gasteiger partial charge in [0.1, 0.15) is 0 Å². The van der Waals surface area contributed by atoms with Crippen LogP contribution >= 0.6 is 12.4 Å². The molecule has 5 rings (SSSR count). The van der Waals surface area contributed by atoms with Gasteiger partial charge in [-0.05, 0) is 42.6 Å². The maximum Gasteiger partial charge on any atom is 0.480 e. The van der Waals surface area contributed by atoms with Gasteiger partial charge in [-0.3, -0.25) is 0 Å². The van der Waals surface area contributed by atoms with Crippen molar-refractivity contribution in [2.75, 3.05) is 0 Å². The van der Waals surface area contributed by atoms with Crippen LogP contribution < -0.4 is 5.73 Å². The van der Waals surface area contributed by atoms with Crippen LogP contribution in [0.4, 0.5) is 0 Å². The lowest BCUT2D eigenvalue weighted by atomic mass is 9.43. The summed E-state index contributed by atoms with van der Waals surface area (Å²) >= 11 is 0. The van der Waals surface area contributed by atoms with Crippen molar-refractivity contribution < 1.29 is 9.31 Å². The van der Waals surface area contributed by atoms with Gasteiger partial charge in [-0.15, -0.1) is 12.4 Å². The molecule has 4 aliphatic rings. The second-order valence-corrected chi connectivity index (χ2v) is 7.77. The van der Waals surface area contributed by atoms with Crippen LogP contribution in [0.1, 0.15) is 45.1 Å². The minimum absolute atomic E-state index is 0. The highest BCUT2D eigenvalue weighted by atomic mass is 35.5. The summed E-state index contributed by atoms with van der Waals surface area (Å²) in [4.78, 5) is 0. The lowest BCUT2D eigenvalue weighted by molar-refractivity contribution is -0.199. The molecule has 1 aromatic rings. The van der Waals surface area contributed by atoms with Crippen LogP contribution in [0.2, 0.25) is 0 Å². The van der Waals surface area contributed by atoms with Crippen LogP contribution in [-0.2, 0) is 9.31 Å². The molecule has 3 saturated carbocycles. The van der Waals surface area contributed by atoms with Gasteiger partial charge in [0.25, 0.3) is 0 Å². The van der Waals surface area contributed by atoms with Gasteiger partial charge in [-0.1, -0.05) is 44.2 Å². The van der Waals surface area contributed by atoms with Crippen LogP contribution in [0.25, 0.3) is 0 Å². The van der Waals surface area contributed by atoms with Crippen LogP contribution in [-0.4, -0.2) is 18.8 Å². The molecule has 0 amide bonds. The van der Waals surface area contributed by atoms with Crippen molar-refractivity contribution in [1.82, 2.24) is 0 Å². The van der Waals surface area contributed by atoms with Crippen molar-refractivity contribution in [1.29, 1.82) is 0 Å². The van der Waals surface area contributed by atoms with Gasteiger partial charge in [-0.2, -0.15) is 0 Å². The fourth-order valence-electron chi connectivity index (χ4n) is 4.88. The molecule has 4 fully saturated rings. The van der Waals surface area contributed by atoms with E-state index in [1.54, 1.807) is 0 Å². The molecule has 5 heteroatoms. The highest BCUT2D eigenvalue weighted by molar-refractivity contribution is 6.47. The molecule has 0 aromatic heterocycles. The highest BCUT2D eigenvalue weighted by Gasteiger charge is 2.68. The predicted molar refractivity (Wildman–Crippen MR) is 90.7 cm³/mol. The zero-order valence-corrected chi connectivity index (χ0v) is 14.3. The monoisotopic (exact) mass is 321 g/mol. The Hall–Kier alpha value is -0.545. The molecular weight excluding hydrogens is 296 g/mol. The molecule has 1 aliphatic heterocycles. The van der Waals surface area contributed by atoms with Crippen molar-refractivity contribution in [3.8, 4) is 0 Å². The van der Waals surface area contributed by atoms with Gasteiger partial charge in [0, 0.05) is 0 Å². The first-order chi connectivity index (χ1) is 9.93. The Balaban J connectivity index is 0.00000144. The first kappa shape index (κ1) is 16.3. The van der Waals surface area contributed by atoms with E-state index in [0.29, 0.717) is 11.3 Å². The molecule has 5 atom stereocenters. The molecule has 0 unspecified atom stereocenters. The average molecular weight is 322 g/mol. The fourth-order valence-corrected chi connectivity index (χ4v) is 4.88. The summed E-state index contributed by atoms with van der Waals surface area (Å²) in [6, 6.07) is 10.1. The third-order valence-corrected chi connectivity index (χ3v) is 6.45. The standard InChI is InChI=1S/C17H24BNO2.ClH/c1-16(2)12-9-13(16)17(3)14(10-12)20-18(21-17)15(19)11-7-5-4-6-8-11;/h4-8,12-15H,9-10,19H2,1-3H3;1H/t12-,13-,14+,15-,17-;/m0./s1. The van der Waals surface area contributed by atoms with Gasteiger partial charge >= 0.3 is 7.12 Å². The second-order valence-electron chi connectivity index (χ2n) is 7.77. The largest absolute Gasteiger partial charge is 0.480 e. The topological polar surface area (TPSA) is 44.5 Å². The summed E-state index contributed by atoms with van der Waals surface area (Å²) < 4.78 is 12.6. The maximum atomic E-state index is 6.41. The van der Waals surface area contributed by atoms with Gasteiger partial charge in [-0.25, -0.2) is 0 Å². The van der Waals surface area contributed by atoms with Crippen LogP contribution in [0, 0.1) is 17.3 Å². The summed E-state index contributed by atoms with van der Waals surface area (Å²) in [7, 11) is -0.322. The van der Waals surface area contributed by atoms with E-state index in [2.05, 4.69) is 20.8 Å². The maximum absolute atomic E-state index is 6.41. The predicted octanol–water partition coefficient (Wildman–Crippen LogP) is 3.38. The fraction of sp³-hybridized carbons (Fsp3) is 0.647. The first-order valence-corrected chi connectivity index (χ1v) is 8.06. The SMILES string of the molecule is CC1(C)[C@@H]2C[C@H]3OB([C@@H](N)c4ccccc4)O[C@@]3(C)[C@H]1C2.Cl. The molecule has 120 valence electrons. The number of halogens is 1. The molecule has 0 spiro atoms. The van der Waals surface area contributed by atoms with Crippen molar-refractivity contribution in [2.45, 2.75) is 51.3 Å². The summed E-state index contributed by atoms with van der Waals surface area (Å²) in [6.07, 6.45) is 2.59. The Bertz CT molecular complexity index is 555. The van der Waals surface area contributed by atoms with Crippen LogP contribution in [0.15, 0.2) is 30.3 Å². The normalized spacial score (nSPS) is 39.5. The molecular formula is C17H25BClNO2. The van der Waals surface area contributed by atoms with E-state index in [9.17, 15) is 0 Å². The van der Waals surface area contributed by atoms with E-state index in [-0.39, 0.29) is 37.2 Å². The van der Waals surface area contributed by atoms with E-state index in [0.717, 1.165) is 17.9 Å². The van der Waals surface area contributed by atoms with Crippen molar-refractivity contribution in [3.05, 3.63) is 35.9 Å². The Morgan fingerprint density at radius 2 is 1.86 bits per heavy atom. The smallest absolute Gasteiger partial charge is 0.404 e. The first-order valence-electron chi connectivity index (χ1n) is 8.06. The van der Waals surface area contributed by atoms with E-state index in [4.69, 9.17) is 15.0 Å². The number of rotatable bonds is 2. The zero-order valence-electron chi connectivity index (χ0n) is 13.5. The molecule has 1 aromatic carbocycles. The number of hydrogen-bond acceptors (Lipinski definition) is 3. The van der Waals surface area contributed by atoms with Gasteiger partial charge < -0.3 is 15.0 Å². The third-order valence-electron chi connectivity index (χ3n) is 6.45. The number of benzene rings is 1. The molecule has 2 N–H and O–H groups in total. The highest BCUT2D eigenvalue weighted by Crippen LogP contribution is 2.65. The lowest BCUT2D eigenvalue weighted by Crippen LogP contribution is -2.65. The summed E-state index contributed by atoms with van der Waals surface area (Å²) in [5.41, 5.74) is 7.67. The molecule has 1 heterocycles.